The van der Waals surface area contributed by atoms with Gasteiger partial charge in [0.25, 0.3) is 0 Å². The van der Waals surface area contributed by atoms with Crippen LogP contribution in [0.4, 0.5) is 0 Å². The third-order valence-electron chi connectivity index (χ3n) is 4.62. The van der Waals surface area contributed by atoms with Crippen molar-refractivity contribution < 1.29 is 18.7 Å². The van der Waals surface area contributed by atoms with Crippen LogP contribution in [-0.2, 0) is 20.8 Å². The third kappa shape index (κ3) is 4.29. The van der Waals surface area contributed by atoms with Gasteiger partial charge in [-0.3, -0.25) is 9.36 Å². The van der Waals surface area contributed by atoms with Crippen LogP contribution in [0.25, 0.3) is 11.1 Å². The van der Waals surface area contributed by atoms with E-state index in [0.717, 1.165) is 12.8 Å². The molecule has 3 rings (SSSR count). The van der Waals surface area contributed by atoms with Crippen LogP contribution in [0.2, 0.25) is 0 Å². The number of likely N-dealkylation sites (tertiary alicyclic amines) is 1. The summed E-state index contributed by atoms with van der Waals surface area (Å²) in [6.07, 6.45) is 1.83. The smallest absolute Gasteiger partial charge is 0.408 e. The quantitative estimate of drug-likeness (QED) is 0.709. The summed E-state index contributed by atoms with van der Waals surface area (Å²) in [4.78, 5) is 26.3. The molecule has 0 unspecified atom stereocenters. The van der Waals surface area contributed by atoms with Gasteiger partial charge in [0.1, 0.15) is 6.54 Å². The highest BCUT2D eigenvalue weighted by Crippen LogP contribution is 2.18. The van der Waals surface area contributed by atoms with E-state index < -0.39 is 5.76 Å². The van der Waals surface area contributed by atoms with E-state index in [4.69, 9.17) is 13.9 Å². The summed E-state index contributed by atoms with van der Waals surface area (Å²) in [5.74, 6) is -0.0678. The van der Waals surface area contributed by atoms with E-state index in [2.05, 4.69) is 0 Å². The summed E-state index contributed by atoms with van der Waals surface area (Å²) in [7, 11) is 1.65. The van der Waals surface area contributed by atoms with Crippen molar-refractivity contribution in [3.63, 3.8) is 0 Å². The zero-order valence-corrected chi connectivity index (χ0v) is 14.5. The lowest BCUT2D eigenvalue weighted by Crippen LogP contribution is -2.42. The molecule has 2 aromatic rings. The van der Waals surface area contributed by atoms with Gasteiger partial charge in [-0.15, -0.1) is 0 Å². The molecule has 1 aromatic heterocycles. The maximum absolute atomic E-state index is 12.5. The largest absolute Gasteiger partial charge is 0.420 e. The first-order chi connectivity index (χ1) is 12.2. The molecule has 1 aliphatic heterocycles. The predicted octanol–water partition coefficient (Wildman–Crippen LogP) is 1.50. The van der Waals surface area contributed by atoms with Crippen molar-refractivity contribution in [3.05, 3.63) is 34.8 Å². The van der Waals surface area contributed by atoms with Crippen molar-refractivity contribution in [2.75, 3.05) is 40.0 Å². The van der Waals surface area contributed by atoms with Gasteiger partial charge in [-0.25, -0.2) is 4.79 Å². The molecule has 0 aliphatic carbocycles. The molecule has 1 aliphatic rings. The number of rotatable bonds is 7. The highest BCUT2D eigenvalue weighted by Gasteiger charge is 2.24. The lowest BCUT2D eigenvalue weighted by atomic mass is 9.98. The number of para-hydroxylation sites is 2. The fraction of sp³-hybridized carbons (Fsp3) is 0.556. The average molecular weight is 348 g/mol. The minimum Gasteiger partial charge on any atom is -0.408 e. The number of fused-ring (bicyclic) bond motifs is 1. The molecule has 0 N–H and O–H groups in total. The van der Waals surface area contributed by atoms with Crippen molar-refractivity contribution in [2.45, 2.75) is 19.4 Å². The maximum Gasteiger partial charge on any atom is 0.420 e. The van der Waals surface area contributed by atoms with Crippen LogP contribution < -0.4 is 5.76 Å². The molecule has 7 heteroatoms. The number of oxazole rings is 1. The highest BCUT2D eigenvalue weighted by molar-refractivity contribution is 5.79. The minimum absolute atomic E-state index is 0.0187. The number of carbonyl (C=O) groups is 1. The Morgan fingerprint density at radius 3 is 2.76 bits per heavy atom. The van der Waals surface area contributed by atoms with E-state index in [1.54, 1.807) is 25.3 Å². The number of benzene rings is 1. The first-order valence-electron chi connectivity index (χ1n) is 8.62. The van der Waals surface area contributed by atoms with E-state index in [1.165, 1.54) is 4.57 Å². The van der Waals surface area contributed by atoms with Gasteiger partial charge in [0.15, 0.2) is 5.58 Å². The maximum atomic E-state index is 12.5. The molecule has 0 atom stereocenters. The molecule has 25 heavy (non-hydrogen) atoms. The topological polar surface area (TPSA) is 73.9 Å². The van der Waals surface area contributed by atoms with E-state index in [-0.39, 0.29) is 12.5 Å². The molecule has 1 fully saturated rings. The van der Waals surface area contributed by atoms with Crippen molar-refractivity contribution >= 4 is 17.0 Å². The van der Waals surface area contributed by atoms with Gasteiger partial charge in [-0.1, -0.05) is 12.1 Å². The van der Waals surface area contributed by atoms with Gasteiger partial charge in [0.2, 0.25) is 5.91 Å². The first-order valence-corrected chi connectivity index (χ1v) is 8.62. The van der Waals surface area contributed by atoms with Crippen molar-refractivity contribution in [1.29, 1.82) is 0 Å². The van der Waals surface area contributed by atoms with E-state index >= 15 is 0 Å². The van der Waals surface area contributed by atoms with Gasteiger partial charge >= 0.3 is 5.76 Å². The molecule has 0 bridgehead atoms. The monoisotopic (exact) mass is 348 g/mol. The summed E-state index contributed by atoms with van der Waals surface area (Å²) in [5, 5.41) is 0. The normalized spacial score (nSPS) is 15.8. The van der Waals surface area contributed by atoms with Gasteiger partial charge in [0, 0.05) is 26.8 Å². The predicted molar refractivity (Wildman–Crippen MR) is 92.5 cm³/mol. The first kappa shape index (κ1) is 17.7. The van der Waals surface area contributed by atoms with Crippen molar-refractivity contribution in [2.24, 2.45) is 5.92 Å². The number of methoxy groups -OCH3 is 1. The van der Waals surface area contributed by atoms with Crippen LogP contribution in [0.3, 0.4) is 0 Å². The van der Waals surface area contributed by atoms with Crippen molar-refractivity contribution in [1.82, 2.24) is 9.47 Å². The Kier molecular flexibility index (Phi) is 5.88. The van der Waals surface area contributed by atoms with E-state index in [9.17, 15) is 9.59 Å². The number of amides is 1. The Morgan fingerprint density at radius 2 is 2.00 bits per heavy atom. The third-order valence-corrected chi connectivity index (χ3v) is 4.62. The van der Waals surface area contributed by atoms with Gasteiger partial charge in [-0.05, 0) is 30.9 Å². The number of aromatic nitrogens is 1. The summed E-state index contributed by atoms with van der Waals surface area (Å²) in [6, 6.07) is 7.15. The fourth-order valence-corrected chi connectivity index (χ4v) is 3.14. The Morgan fingerprint density at radius 1 is 1.24 bits per heavy atom. The SMILES string of the molecule is COCCOCC1CCN(C(=O)Cn2c(=O)oc3ccccc32)CC1. The molecular formula is C18H24N2O5. The van der Waals surface area contributed by atoms with Crippen LogP contribution in [0.5, 0.6) is 0 Å². The number of piperidine rings is 1. The van der Waals surface area contributed by atoms with Crippen LogP contribution in [-0.4, -0.2) is 55.4 Å². The number of hydrogen-bond acceptors (Lipinski definition) is 5. The summed E-state index contributed by atoms with van der Waals surface area (Å²) >= 11 is 0. The highest BCUT2D eigenvalue weighted by atomic mass is 16.5. The second-order valence-electron chi connectivity index (χ2n) is 6.31. The number of carbonyl (C=O) groups excluding carboxylic acids is 1. The zero-order valence-electron chi connectivity index (χ0n) is 14.5. The second-order valence-corrected chi connectivity index (χ2v) is 6.31. The Balaban J connectivity index is 1.53. The summed E-state index contributed by atoms with van der Waals surface area (Å²) in [6.45, 7) is 3.32. The van der Waals surface area contributed by atoms with E-state index in [1.807, 2.05) is 11.0 Å². The fourth-order valence-electron chi connectivity index (χ4n) is 3.14. The van der Waals surface area contributed by atoms with E-state index in [0.29, 0.717) is 49.9 Å². The Labute approximate surface area is 146 Å². The zero-order chi connectivity index (χ0) is 17.6. The lowest BCUT2D eigenvalue weighted by molar-refractivity contribution is -0.133. The van der Waals surface area contributed by atoms with Crippen LogP contribution in [0.15, 0.2) is 33.5 Å². The molecule has 0 saturated carbocycles. The number of hydrogen-bond donors (Lipinski definition) is 0. The van der Waals surface area contributed by atoms with Gasteiger partial charge in [-0.2, -0.15) is 0 Å². The molecule has 0 spiro atoms. The Bertz CT molecular complexity index is 758. The van der Waals surface area contributed by atoms with Gasteiger partial charge < -0.3 is 18.8 Å². The van der Waals surface area contributed by atoms with Crippen LogP contribution >= 0.6 is 0 Å². The minimum atomic E-state index is -0.490. The van der Waals surface area contributed by atoms with Gasteiger partial charge in [0.05, 0.1) is 18.7 Å². The molecular weight excluding hydrogens is 324 g/mol. The lowest BCUT2D eigenvalue weighted by Gasteiger charge is -2.32. The molecule has 7 nitrogen and oxygen atoms in total. The molecule has 1 saturated heterocycles. The number of nitrogens with zero attached hydrogens (tertiary/aromatic N) is 2. The molecule has 2 heterocycles. The average Bonchev–Trinajstić information content (AvgIpc) is 2.95. The summed E-state index contributed by atoms with van der Waals surface area (Å²) < 4.78 is 17.1. The van der Waals surface area contributed by atoms with Crippen LogP contribution in [0, 0.1) is 5.92 Å². The number of ether oxygens (including phenoxy) is 2. The summed E-state index contributed by atoms with van der Waals surface area (Å²) in [5.41, 5.74) is 1.16. The van der Waals surface area contributed by atoms with Crippen LogP contribution in [0.1, 0.15) is 12.8 Å². The molecule has 1 amide bonds. The molecule has 0 radical (unpaired) electrons. The second kappa shape index (κ2) is 8.31. The molecule has 136 valence electrons. The Hall–Kier alpha value is -2.12. The van der Waals surface area contributed by atoms with Crippen molar-refractivity contribution in [3.8, 4) is 0 Å². The molecule has 1 aromatic carbocycles. The standard InChI is InChI=1S/C18H24N2O5/c1-23-10-11-24-13-14-6-8-19(9-7-14)17(21)12-20-15-4-2-3-5-16(15)25-18(20)22/h2-5,14H,6-13H2,1H3.